The van der Waals surface area contributed by atoms with Gasteiger partial charge in [-0.25, -0.2) is 0 Å². The Kier molecular flexibility index (Phi) is 4.35. The highest BCUT2D eigenvalue weighted by atomic mass is 125. The summed E-state index contributed by atoms with van der Waals surface area (Å²) in [6.45, 7) is 0. The minimum absolute atomic E-state index is 0.387. The number of nitro groups is 1. The quantitative estimate of drug-likeness (QED) is 0.270. The van der Waals surface area contributed by atoms with Gasteiger partial charge in [0.2, 0.25) is 6.33 Å². The molecule has 0 spiro atoms. The number of imidazole rings is 1. The van der Waals surface area contributed by atoms with Gasteiger partial charge in [0.25, 0.3) is 0 Å². The van der Waals surface area contributed by atoms with Crippen LogP contribution < -0.4 is 0 Å². The van der Waals surface area contributed by atoms with Gasteiger partial charge in [-0.3, -0.25) is 4.57 Å². The fourth-order valence-electron chi connectivity index (χ4n) is 1.86. The summed E-state index contributed by atoms with van der Waals surface area (Å²) in [6.07, 6.45) is -3.46. The van der Waals surface area contributed by atoms with Crippen molar-refractivity contribution in [2.45, 2.75) is 30.6 Å². The number of hydrogen-bond donors (Lipinski definition) is 3. The van der Waals surface area contributed by atoms with Crippen LogP contribution in [0.4, 0.5) is 5.82 Å². The molecule has 1 fully saturated rings. The molecule has 0 bridgehead atoms. The number of halogens is 1. The summed E-state index contributed by atoms with van der Waals surface area (Å²) in [4.78, 5) is 13.4. The molecule has 0 aliphatic carbocycles. The molecule has 1 aromatic heterocycles. The van der Waals surface area contributed by atoms with Crippen molar-refractivity contribution in [2.24, 2.45) is 0 Å². The van der Waals surface area contributed by atoms with Gasteiger partial charge in [-0.15, -0.1) is 0 Å². The molecule has 1 aliphatic rings. The largest absolute Gasteiger partial charge is 0.388 e. The third kappa shape index (κ3) is 2.72. The molecule has 3 N–H and O–H groups in total. The van der Waals surface area contributed by atoms with Crippen molar-refractivity contribution in [3.8, 4) is 0 Å². The summed E-state index contributed by atoms with van der Waals surface area (Å²) >= 11 is 1.97. The Labute approximate surface area is 121 Å². The number of hydrogen-bond acceptors (Lipinski definition) is 7. The van der Waals surface area contributed by atoms with Crippen LogP contribution in [0.15, 0.2) is 12.5 Å². The van der Waals surface area contributed by atoms with Crippen molar-refractivity contribution in [1.29, 1.82) is 0 Å². The average Bonchev–Trinajstić information content (AvgIpc) is 2.86. The van der Waals surface area contributed by atoms with Crippen LogP contribution >= 0.6 is 22.6 Å². The summed E-state index contributed by atoms with van der Waals surface area (Å²) in [7, 11) is 0. The molecular weight excluding hydrogens is 371 g/mol. The molecule has 0 saturated carbocycles. The van der Waals surface area contributed by atoms with E-state index in [1.165, 1.54) is 4.57 Å². The molecule has 19 heavy (non-hydrogen) atoms. The number of aromatic nitrogens is 2. The van der Waals surface area contributed by atoms with Crippen LogP contribution in [0.1, 0.15) is 6.23 Å². The summed E-state index contributed by atoms with van der Waals surface area (Å²) in [5.74, 6) is -0.387. The van der Waals surface area contributed by atoms with Gasteiger partial charge in [-0.2, -0.15) is 0 Å². The molecule has 2 heterocycles. The monoisotopic (exact) mass is 383 g/mol. The van der Waals surface area contributed by atoms with Crippen molar-refractivity contribution < 1.29 is 25.0 Å². The van der Waals surface area contributed by atoms with Gasteiger partial charge in [0.1, 0.15) is 24.5 Å². The summed E-state index contributed by atoms with van der Waals surface area (Å²) in [6, 6.07) is 0. The van der Waals surface area contributed by atoms with Gasteiger partial charge >= 0.3 is 5.82 Å². The molecule has 106 valence electrons. The topological polar surface area (TPSA) is 131 Å². The zero-order chi connectivity index (χ0) is 14.2. The van der Waals surface area contributed by atoms with E-state index in [1.54, 1.807) is 0 Å². The van der Waals surface area contributed by atoms with Crippen LogP contribution in [-0.4, -0.2) is 58.6 Å². The normalized spacial score (nSPS) is 35.3. The fraction of sp³-hybridized carbons (Fsp3) is 0.667. The van der Waals surface area contributed by atoms with Crippen LogP contribution in [0.2, 0.25) is 0 Å². The van der Waals surface area contributed by atoms with E-state index >= 15 is 0 Å². The Hall–Kier alpha value is -0.820. The van der Waals surface area contributed by atoms with Crippen molar-refractivity contribution in [1.82, 2.24) is 9.55 Å². The third-order valence-corrected chi connectivity index (χ3v) is 3.78. The Morgan fingerprint density at radius 2 is 2.11 bits per heavy atom. The molecule has 1 saturated heterocycles. The number of nitrogens with zero attached hydrogens (tertiary/aromatic N) is 3. The Balaban J connectivity index is 2.24. The standard InChI is InChI=1S/C9H12IN3O6/c10-1-4-6(14)7(15)8(16)9(19-4)12-2-5(11-3-12)13(17)18/h2-4,6-9,14-16H,1H2/t4-,6+,7+,8-,9-/m1/s1/i10-2. The molecule has 0 unspecified atom stereocenters. The predicted molar refractivity (Wildman–Crippen MR) is 69.7 cm³/mol. The maximum absolute atomic E-state index is 10.6. The minimum Gasteiger partial charge on any atom is -0.388 e. The van der Waals surface area contributed by atoms with Crippen LogP contribution in [0.3, 0.4) is 0 Å². The number of aliphatic hydroxyl groups is 3. The van der Waals surface area contributed by atoms with Crippen molar-refractivity contribution in [2.75, 3.05) is 4.43 Å². The van der Waals surface area contributed by atoms with Crippen LogP contribution in [0, 0.1) is 10.1 Å². The van der Waals surface area contributed by atoms with Gasteiger partial charge in [0.05, 0.1) is 6.10 Å². The maximum Gasteiger partial charge on any atom is 0.381 e. The molecule has 9 nitrogen and oxygen atoms in total. The molecule has 10 heteroatoms. The maximum atomic E-state index is 10.6. The highest BCUT2D eigenvalue weighted by Crippen LogP contribution is 2.29. The first-order valence-corrected chi connectivity index (χ1v) is 6.91. The lowest BCUT2D eigenvalue weighted by Gasteiger charge is -2.40. The highest BCUT2D eigenvalue weighted by molar-refractivity contribution is 14.1. The van der Waals surface area contributed by atoms with Crippen LogP contribution in [0.5, 0.6) is 0 Å². The van der Waals surface area contributed by atoms with Crippen molar-refractivity contribution in [3.63, 3.8) is 0 Å². The molecule has 0 amide bonds. The molecule has 2 rings (SSSR count). The number of alkyl halides is 1. The first-order chi connectivity index (χ1) is 8.95. The highest BCUT2D eigenvalue weighted by Gasteiger charge is 2.44. The zero-order valence-electron chi connectivity index (χ0n) is 9.53. The van der Waals surface area contributed by atoms with Crippen molar-refractivity contribution in [3.05, 3.63) is 22.6 Å². The zero-order valence-corrected chi connectivity index (χ0v) is 11.7. The summed E-state index contributed by atoms with van der Waals surface area (Å²) < 4.78 is 7.05. The molecular formula is C9H12IN3O6. The van der Waals surface area contributed by atoms with Gasteiger partial charge in [-0.1, -0.05) is 22.6 Å². The summed E-state index contributed by atoms with van der Waals surface area (Å²) in [5, 5.41) is 39.9. The first kappa shape index (κ1) is 14.6. The lowest BCUT2D eigenvalue weighted by Crippen LogP contribution is -2.55. The second kappa shape index (κ2) is 5.66. The van der Waals surface area contributed by atoms with Gasteiger partial charge < -0.3 is 30.2 Å². The lowest BCUT2D eigenvalue weighted by atomic mass is 9.99. The third-order valence-electron chi connectivity index (χ3n) is 2.91. The van der Waals surface area contributed by atoms with E-state index < -0.39 is 35.6 Å². The SMILES string of the molecule is O=[N+]([O-])c1cn([C@@H]2O[C@H](C[125I])[C@H](O)[C@H](O)[C@H]2O)cn1. The molecule has 5 atom stereocenters. The number of rotatable bonds is 3. The second-order valence-corrected chi connectivity index (χ2v) is 5.01. The molecule has 0 radical (unpaired) electrons. The molecule has 0 aromatic carbocycles. The minimum atomic E-state index is -1.40. The molecule has 1 aromatic rings. The fourth-order valence-corrected chi connectivity index (χ4v) is 2.59. The van der Waals surface area contributed by atoms with Gasteiger partial charge in [-0.05, 0) is 9.91 Å². The van der Waals surface area contributed by atoms with E-state index in [0.717, 1.165) is 12.5 Å². The van der Waals surface area contributed by atoms with Crippen LogP contribution in [0.25, 0.3) is 0 Å². The average molecular weight is 383 g/mol. The van der Waals surface area contributed by atoms with E-state index in [4.69, 9.17) is 4.74 Å². The lowest BCUT2D eigenvalue weighted by molar-refractivity contribution is -0.389. The van der Waals surface area contributed by atoms with E-state index in [2.05, 4.69) is 4.98 Å². The molecule has 1 aliphatic heterocycles. The Morgan fingerprint density at radius 1 is 1.42 bits per heavy atom. The van der Waals surface area contributed by atoms with Crippen LogP contribution in [-0.2, 0) is 4.74 Å². The van der Waals surface area contributed by atoms with E-state index in [1.807, 2.05) is 22.6 Å². The number of ether oxygens (including phenoxy) is 1. The number of aliphatic hydroxyl groups excluding tert-OH is 3. The Morgan fingerprint density at radius 3 is 2.63 bits per heavy atom. The second-order valence-electron chi connectivity index (χ2n) is 4.13. The van der Waals surface area contributed by atoms with Crippen molar-refractivity contribution >= 4 is 28.4 Å². The smallest absolute Gasteiger partial charge is 0.381 e. The van der Waals surface area contributed by atoms with Gasteiger partial charge in [0, 0.05) is 4.43 Å². The van der Waals surface area contributed by atoms with E-state index in [0.29, 0.717) is 4.43 Å². The summed E-state index contributed by atoms with van der Waals surface area (Å²) in [5.41, 5.74) is 0. The Bertz CT molecular complexity index is 467. The van der Waals surface area contributed by atoms with E-state index in [9.17, 15) is 25.4 Å². The van der Waals surface area contributed by atoms with E-state index in [-0.39, 0.29) is 5.82 Å². The first-order valence-electron chi connectivity index (χ1n) is 5.39. The predicted octanol–water partition coefficient (Wildman–Crippen LogP) is -0.794. The van der Waals surface area contributed by atoms with Gasteiger partial charge in [0.15, 0.2) is 6.23 Å².